The predicted molar refractivity (Wildman–Crippen MR) is 79.4 cm³/mol. The van der Waals surface area contributed by atoms with Gasteiger partial charge in [0, 0.05) is 12.0 Å². The number of nitrogens with one attached hydrogen (secondary N) is 1. The van der Waals surface area contributed by atoms with E-state index in [-0.39, 0.29) is 18.6 Å². The zero-order valence-electron chi connectivity index (χ0n) is 11.6. The number of hydrogen-bond acceptors (Lipinski definition) is 3. The number of amides is 1. The first-order valence-electron chi connectivity index (χ1n) is 7.02. The maximum absolute atomic E-state index is 12.0. The smallest absolute Gasteiger partial charge is 0.258 e. The van der Waals surface area contributed by atoms with Crippen LogP contribution in [0.4, 0.5) is 0 Å². The van der Waals surface area contributed by atoms with Crippen LogP contribution >= 0.6 is 0 Å². The Labute approximate surface area is 123 Å². The van der Waals surface area contributed by atoms with Gasteiger partial charge in [-0.1, -0.05) is 36.4 Å². The minimum Gasteiger partial charge on any atom is -0.493 e. The molecule has 0 fully saturated rings. The van der Waals surface area contributed by atoms with Crippen molar-refractivity contribution in [2.75, 3.05) is 13.2 Å². The number of para-hydroxylation sites is 2. The van der Waals surface area contributed by atoms with Crippen LogP contribution in [0.2, 0.25) is 0 Å². The van der Waals surface area contributed by atoms with Crippen LogP contribution in [0.1, 0.15) is 18.0 Å². The topological polar surface area (TPSA) is 47.6 Å². The van der Waals surface area contributed by atoms with Gasteiger partial charge in [0.15, 0.2) is 6.61 Å². The molecule has 4 heteroatoms. The second kappa shape index (κ2) is 6.31. The Hall–Kier alpha value is -2.49. The van der Waals surface area contributed by atoms with E-state index in [0.29, 0.717) is 12.4 Å². The average molecular weight is 283 g/mol. The molecule has 2 aromatic carbocycles. The third-order valence-electron chi connectivity index (χ3n) is 3.41. The number of carbonyl (C=O) groups is 1. The molecule has 108 valence electrons. The van der Waals surface area contributed by atoms with Crippen molar-refractivity contribution >= 4 is 5.91 Å². The van der Waals surface area contributed by atoms with Gasteiger partial charge in [-0.05, 0) is 18.2 Å². The monoisotopic (exact) mass is 283 g/mol. The molecule has 1 N–H and O–H groups in total. The molecule has 0 aromatic heterocycles. The predicted octanol–water partition coefficient (Wildman–Crippen LogP) is 2.71. The summed E-state index contributed by atoms with van der Waals surface area (Å²) < 4.78 is 11.0. The number of rotatable bonds is 4. The Bertz CT molecular complexity index is 612. The molecule has 0 saturated heterocycles. The highest BCUT2D eigenvalue weighted by Gasteiger charge is 2.22. The van der Waals surface area contributed by atoms with Gasteiger partial charge in [0.05, 0.1) is 12.6 Å². The van der Waals surface area contributed by atoms with Crippen molar-refractivity contribution in [1.82, 2.24) is 5.32 Å². The Morgan fingerprint density at radius 3 is 2.76 bits per heavy atom. The van der Waals surface area contributed by atoms with Gasteiger partial charge in [0.2, 0.25) is 0 Å². The molecule has 1 aliphatic rings. The molecule has 0 spiro atoms. The zero-order valence-corrected chi connectivity index (χ0v) is 11.6. The summed E-state index contributed by atoms with van der Waals surface area (Å²) in [7, 11) is 0. The van der Waals surface area contributed by atoms with Crippen LogP contribution in [0.5, 0.6) is 11.5 Å². The lowest BCUT2D eigenvalue weighted by Crippen LogP contribution is -2.35. The van der Waals surface area contributed by atoms with Crippen molar-refractivity contribution in [2.45, 2.75) is 12.5 Å². The fourth-order valence-electron chi connectivity index (χ4n) is 2.39. The van der Waals surface area contributed by atoms with Crippen molar-refractivity contribution in [3.63, 3.8) is 0 Å². The van der Waals surface area contributed by atoms with Crippen LogP contribution in [-0.2, 0) is 4.79 Å². The maximum Gasteiger partial charge on any atom is 0.258 e. The summed E-state index contributed by atoms with van der Waals surface area (Å²) in [5.41, 5.74) is 1.02. The van der Waals surface area contributed by atoms with E-state index in [1.54, 1.807) is 0 Å². The van der Waals surface area contributed by atoms with Gasteiger partial charge >= 0.3 is 0 Å². The fourth-order valence-corrected chi connectivity index (χ4v) is 2.39. The summed E-state index contributed by atoms with van der Waals surface area (Å²) >= 11 is 0. The van der Waals surface area contributed by atoms with Crippen LogP contribution in [0, 0.1) is 0 Å². The highest BCUT2D eigenvalue weighted by atomic mass is 16.5. The summed E-state index contributed by atoms with van der Waals surface area (Å²) in [6.45, 7) is 0.630. The molecule has 1 amide bonds. The molecule has 1 atom stereocenters. The molecular formula is C17H17NO3. The van der Waals surface area contributed by atoms with Crippen molar-refractivity contribution < 1.29 is 14.3 Å². The normalized spacial score (nSPS) is 16.5. The lowest BCUT2D eigenvalue weighted by molar-refractivity contribution is -0.124. The molecule has 3 rings (SSSR count). The Morgan fingerprint density at radius 2 is 1.90 bits per heavy atom. The lowest BCUT2D eigenvalue weighted by atomic mass is 10.0. The molecule has 1 aliphatic heterocycles. The largest absolute Gasteiger partial charge is 0.493 e. The molecule has 0 bridgehead atoms. The average Bonchev–Trinajstić information content (AvgIpc) is 2.54. The molecule has 21 heavy (non-hydrogen) atoms. The molecule has 2 aromatic rings. The third kappa shape index (κ3) is 3.34. The molecular weight excluding hydrogens is 266 g/mol. The maximum atomic E-state index is 12.0. The third-order valence-corrected chi connectivity index (χ3v) is 3.41. The van der Waals surface area contributed by atoms with Crippen molar-refractivity contribution in [1.29, 1.82) is 0 Å². The van der Waals surface area contributed by atoms with Gasteiger partial charge in [0.1, 0.15) is 11.5 Å². The van der Waals surface area contributed by atoms with Gasteiger partial charge in [-0.2, -0.15) is 0 Å². The summed E-state index contributed by atoms with van der Waals surface area (Å²) in [4.78, 5) is 12.0. The van der Waals surface area contributed by atoms with E-state index >= 15 is 0 Å². The molecule has 0 saturated carbocycles. The number of fused-ring (bicyclic) bond motifs is 1. The van der Waals surface area contributed by atoms with Gasteiger partial charge < -0.3 is 14.8 Å². The SMILES string of the molecule is O=C(COc1ccccc1)NC1CCOc2ccccc21. The van der Waals surface area contributed by atoms with Crippen LogP contribution in [0.25, 0.3) is 0 Å². The number of benzene rings is 2. The van der Waals surface area contributed by atoms with Crippen LogP contribution in [0.15, 0.2) is 54.6 Å². The van der Waals surface area contributed by atoms with Crippen LogP contribution in [-0.4, -0.2) is 19.1 Å². The Kier molecular flexibility index (Phi) is 4.05. The standard InChI is InChI=1S/C17H17NO3/c19-17(12-21-13-6-2-1-3-7-13)18-15-10-11-20-16-9-5-4-8-14(15)16/h1-9,15H,10-12H2,(H,18,19). The first-order valence-corrected chi connectivity index (χ1v) is 7.02. The fraction of sp³-hybridized carbons (Fsp3) is 0.235. The van der Waals surface area contributed by atoms with Crippen molar-refractivity contribution in [2.24, 2.45) is 0 Å². The van der Waals surface area contributed by atoms with E-state index in [0.717, 1.165) is 17.7 Å². The van der Waals surface area contributed by atoms with Gasteiger partial charge in [-0.3, -0.25) is 4.79 Å². The Balaban J connectivity index is 1.58. The Morgan fingerprint density at radius 1 is 1.14 bits per heavy atom. The van der Waals surface area contributed by atoms with Crippen LogP contribution < -0.4 is 14.8 Å². The summed E-state index contributed by atoms with van der Waals surface area (Å²) in [5.74, 6) is 1.42. The lowest BCUT2D eigenvalue weighted by Gasteiger charge is -2.26. The van der Waals surface area contributed by atoms with Crippen molar-refractivity contribution in [3.8, 4) is 11.5 Å². The first kappa shape index (κ1) is 13.5. The first-order chi connectivity index (χ1) is 10.3. The number of ether oxygens (including phenoxy) is 2. The second-order valence-corrected chi connectivity index (χ2v) is 4.90. The van der Waals surface area contributed by atoms with E-state index in [1.165, 1.54) is 0 Å². The second-order valence-electron chi connectivity index (χ2n) is 4.90. The minimum absolute atomic E-state index is 0.0122. The van der Waals surface area contributed by atoms with Gasteiger partial charge in [-0.15, -0.1) is 0 Å². The van der Waals surface area contributed by atoms with E-state index in [1.807, 2.05) is 54.6 Å². The van der Waals surface area contributed by atoms with Crippen LogP contribution in [0.3, 0.4) is 0 Å². The number of hydrogen-bond donors (Lipinski definition) is 1. The molecule has 0 aliphatic carbocycles. The highest BCUT2D eigenvalue weighted by molar-refractivity contribution is 5.78. The van der Waals surface area contributed by atoms with Crippen molar-refractivity contribution in [3.05, 3.63) is 60.2 Å². The molecule has 1 heterocycles. The summed E-state index contributed by atoms with van der Waals surface area (Å²) in [6.07, 6.45) is 0.772. The minimum atomic E-state index is -0.124. The number of carbonyl (C=O) groups excluding carboxylic acids is 1. The molecule has 0 radical (unpaired) electrons. The van der Waals surface area contributed by atoms with Gasteiger partial charge in [0.25, 0.3) is 5.91 Å². The van der Waals surface area contributed by atoms with E-state index < -0.39 is 0 Å². The summed E-state index contributed by atoms with van der Waals surface area (Å²) in [5, 5.41) is 3.00. The highest BCUT2D eigenvalue weighted by Crippen LogP contribution is 2.31. The quantitative estimate of drug-likeness (QED) is 0.938. The van der Waals surface area contributed by atoms with E-state index in [2.05, 4.69) is 5.32 Å². The summed E-state index contributed by atoms with van der Waals surface area (Å²) in [6, 6.07) is 17.1. The molecule has 4 nitrogen and oxygen atoms in total. The van der Waals surface area contributed by atoms with E-state index in [4.69, 9.17) is 9.47 Å². The zero-order chi connectivity index (χ0) is 14.5. The van der Waals surface area contributed by atoms with E-state index in [9.17, 15) is 4.79 Å². The van der Waals surface area contributed by atoms with Gasteiger partial charge in [-0.25, -0.2) is 0 Å². The molecule has 1 unspecified atom stereocenters.